The van der Waals surface area contributed by atoms with E-state index in [9.17, 15) is 0 Å². The molecule has 9 nitrogen and oxygen atoms in total. The number of nitrogen functional groups attached to an aromatic ring is 2. The Labute approximate surface area is 172 Å². The molecule has 0 aliphatic rings. The van der Waals surface area contributed by atoms with Crippen LogP contribution in [0.1, 0.15) is 5.69 Å². The van der Waals surface area contributed by atoms with Crippen molar-refractivity contribution in [3.63, 3.8) is 0 Å². The summed E-state index contributed by atoms with van der Waals surface area (Å²) in [6.07, 6.45) is 3.15. The normalized spacial score (nSPS) is 10.2. The molecule has 0 fully saturated rings. The van der Waals surface area contributed by atoms with Crippen molar-refractivity contribution in [2.24, 2.45) is 0 Å². The number of ether oxygens (including phenoxy) is 1. The first-order valence-corrected chi connectivity index (χ1v) is 8.86. The first-order chi connectivity index (χ1) is 14.6. The number of rotatable bonds is 5. The molecule has 30 heavy (non-hydrogen) atoms. The Hall–Kier alpha value is -4.71. The molecule has 0 amide bonds. The SMILES string of the molecule is N#Cc1cc(Oc2ccc(Nc3cc(-c4ccc(N)nc4)nc(N)n3)cc2)ccn1. The van der Waals surface area contributed by atoms with Crippen LogP contribution in [0.25, 0.3) is 11.3 Å². The van der Waals surface area contributed by atoms with Gasteiger partial charge in [-0.05, 0) is 42.5 Å². The van der Waals surface area contributed by atoms with Crippen molar-refractivity contribution >= 4 is 23.3 Å². The molecule has 0 aliphatic heterocycles. The zero-order chi connectivity index (χ0) is 20.9. The van der Waals surface area contributed by atoms with Gasteiger partial charge >= 0.3 is 0 Å². The van der Waals surface area contributed by atoms with Crippen molar-refractivity contribution in [3.05, 3.63) is 72.7 Å². The Morgan fingerprint density at radius 2 is 1.73 bits per heavy atom. The zero-order valence-electron chi connectivity index (χ0n) is 15.6. The highest BCUT2D eigenvalue weighted by atomic mass is 16.5. The molecule has 0 unspecified atom stereocenters. The molecule has 4 aromatic rings. The van der Waals surface area contributed by atoms with Crippen molar-refractivity contribution in [2.75, 3.05) is 16.8 Å². The highest BCUT2D eigenvalue weighted by molar-refractivity contribution is 5.67. The van der Waals surface area contributed by atoms with Crippen LogP contribution < -0.4 is 21.5 Å². The number of nitrogens with zero attached hydrogens (tertiary/aromatic N) is 5. The molecule has 0 bridgehead atoms. The summed E-state index contributed by atoms with van der Waals surface area (Å²) in [4.78, 5) is 16.5. The largest absolute Gasteiger partial charge is 0.457 e. The van der Waals surface area contributed by atoms with Crippen LogP contribution in [-0.4, -0.2) is 19.9 Å². The van der Waals surface area contributed by atoms with Crippen molar-refractivity contribution in [3.8, 4) is 28.8 Å². The smallest absolute Gasteiger partial charge is 0.222 e. The fourth-order valence-electron chi connectivity index (χ4n) is 2.66. The van der Waals surface area contributed by atoms with Gasteiger partial charge in [0, 0.05) is 35.8 Å². The lowest BCUT2D eigenvalue weighted by atomic mass is 10.2. The van der Waals surface area contributed by atoms with Crippen LogP contribution in [-0.2, 0) is 0 Å². The second kappa shape index (κ2) is 8.12. The summed E-state index contributed by atoms with van der Waals surface area (Å²) in [5, 5.41) is 12.1. The standard InChI is InChI=1S/C21H16N8O/c22-11-15-9-17(7-8-25-15)30-16-4-2-14(3-5-16)27-20-10-18(28-21(24)29-20)13-1-6-19(23)26-12-13/h1-10,12H,(H2,23,26)(H3,24,27,28,29). The van der Waals surface area contributed by atoms with Crippen LogP contribution in [0.3, 0.4) is 0 Å². The Balaban J connectivity index is 1.50. The van der Waals surface area contributed by atoms with E-state index < -0.39 is 0 Å². The van der Waals surface area contributed by atoms with Crippen LogP contribution in [0, 0.1) is 11.3 Å². The second-order valence-corrected chi connectivity index (χ2v) is 6.21. The van der Waals surface area contributed by atoms with Gasteiger partial charge in [0.05, 0.1) is 5.69 Å². The van der Waals surface area contributed by atoms with E-state index in [-0.39, 0.29) is 5.95 Å². The fourth-order valence-corrected chi connectivity index (χ4v) is 2.66. The van der Waals surface area contributed by atoms with Crippen LogP contribution in [0.15, 0.2) is 67.0 Å². The molecule has 0 radical (unpaired) electrons. The van der Waals surface area contributed by atoms with E-state index in [0.29, 0.717) is 34.5 Å². The summed E-state index contributed by atoms with van der Waals surface area (Å²) in [6, 6.07) is 17.8. The van der Waals surface area contributed by atoms with Gasteiger partial charge in [-0.1, -0.05) is 0 Å². The van der Waals surface area contributed by atoms with Crippen LogP contribution in [0.4, 0.5) is 23.3 Å². The zero-order valence-corrected chi connectivity index (χ0v) is 15.6. The molecule has 0 saturated carbocycles. The topological polar surface area (TPSA) is 149 Å². The minimum Gasteiger partial charge on any atom is -0.457 e. The van der Waals surface area contributed by atoms with Crippen molar-refractivity contribution < 1.29 is 4.74 Å². The number of nitrogens with two attached hydrogens (primary N) is 2. The Bertz CT molecular complexity index is 1220. The highest BCUT2D eigenvalue weighted by Gasteiger charge is 2.07. The lowest BCUT2D eigenvalue weighted by Gasteiger charge is -2.10. The predicted octanol–water partition coefficient (Wildman–Crippen LogP) is 3.51. The maximum absolute atomic E-state index is 8.92. The minimum atomic E-state index is 0.137. The molecule has 0 atom stereocenters. The van der Waals surface area contributed by atoms with Crippen LogP contribution in [0.2, 0.25) is 0 Å². The maximum atomic E-state index is 8.92. The summed E-state index contributed by atoms with van der Waals surface area (Å²) in [5.74, 6) is 2.25. The van der Waals surface area contributed by atoms with Crippen molar-refractivity contribution in [2.45, 2.75) is 0 Å². The number of hydrogen-bond donors (Lipinski definition) is 3. The third-order valence-corrected chi connectivity index (χ3v) is 4.03. The summed E-state index contributed by atoms with van der Waals surface area (Å²) < 4.78 is 5.75. The number of nitrogens with one attached hydrogen (secondary N) is 1. The molecule has 1 aromatic carbocycles. The summed E-state index contributed by atoms with van der Waals surface area (Å²) in [5.41, 5.74) is 14.0. The minimum absolute atomic E-state index is 0.137. The highest BCUT2D eigenvalue weighted by Crippen LogP contribution is 2.26. The quantitative estimate of drug-likeness (QED) is 0.460. The molecule has 0 aliphatic carbocycles. The lowest BCUT2D eigenvalue weighted by Crippen LogP contribution is -2.02. The third kappa shape index (κ3) is 4.40. The van der Waals surface area contributed by atoms with Gasteiger partial charge in [0.1, 0.15) is 34.9 Å². The van der Waals surface area contributed by atoms with Gasteiger partial charge in [0.2, 0.25) is 5.95 Å². The van der Waals surface area contributed by atoms with Gasteiger partial charge in [-0.15, -0.1) is 0 Å². The van der Waals surface area contributed by atoms with Gasteiger partial charge in [-0.2, -0.15) is 10.2 Å². The maximum Gasteiger partial charge on any atom is 0.222 e. The summed E-state index contributed by atoms with van der Waals surface area (Å²) in [7, 11) is 0. The number of aromatic nitrogens is 4. The number of benzene rings is 1. The fraction of sp³-hybridized carbons (Fsp3) is 0. The molecule has 5 N–H and O–H groups in total. The predicted molar refractivity (Wildman–Crippen MR) is 113 cm³/mol. The number of pyridine rings is 2. The van der Waals surface area contributed by atoms with Gasteiger partial charge in [-0.3, -0.25) is 0 Å². The summed E-state index contributed by atoms with van der Waals surface area (Å²) in [6.45, 7) is 0. The molecule has 0 spiro atoms. The van der Waals surface area contributed by atoms with Gasteiger partial charge < -0.3 is 21.5 Å². The Kier molecular flexibility index (Phi) is 5.04. The van der Waals surface area contributed by atoms with E-state index in [1.54, 1.807) is 42.6 Å². The van der Waals surface area contributed by atoms with E-state index in [4.69, 9.17) is 21.5 Å². The molecular formula is C21H16N8O. The van der Waals surface area contributed by atoms with Crippen molar-refractivity contribution in [1.82, 2.24) is 19.9 Å². The molecule has 0 saturated heterocycles. The van der Waals surface area contributed by atoms with E-state index in [1.165, 1.54) is 6.20 Å². The second-order valence-electron chi connectivity index (χ2n) is 6.21. The third-order valence-electron chi connectivity index (χ3n) is 4.03. The number of nitriles is 1. The van der Waals surface area contributed by atoms with E-state index in [0.717, 1.165) is 11.3 Å². The van der Waals surface area contributed by atoms with Crippen molar-refractivity contribution in [1.29, 1.82) is 5.26 Å². The molecule has 3 heterocycles. The van der Waals surface area contributed by atoms with E-state index in [2.05, 4.69) is 25.3 Å². The molecule has 4 rings (SSSR count). The monoisotopic (exact) mass is 396 g/mol. The first kappa shape index (κ1) is 18.6. The van der Waals surface area contributed by atoms with E-state index >= 15 is 0 Å². The van der Waals surface area contributed by atoms with E-state index in [1.807, 2.05) is 24.3 Å². The Morgan fingerprint density at radius 1 is 0.900 bits per heavy atom. The average Bonchev–Trinajstić information content (AvgIpc) is 2.75. The van der Waals surface area contributed by atoms with Crippen LogP contribution in [0.5, 0.6) is 11.5 Å². The van der Waals surface area contributed by atoms with Gasteiger partial charge in [0.25, 0.3) is 0 Å². The van der Waals surface area contributed by atoms with Gasteiger partial charge in [0.15, 0.2) is 0 Å². The lowest BCUT2D eigenvalue weighted by molar-refractivity contribution is 0.482. The first-order valence-electron chi connectivity index (χ1n) is 8.86. The molecule has 3 aromatic heterocycles. The molecule has 146 valence electrons. The summed E-state index contributed by atoms with van der Waals surface area (Å²) >= 11 is 0. The van der Waals surface area contributed by atoms with Gasteiger partial charge in [-0.25, -0.2) is 15.0 Å². The van der Waals surface area contributed by atoms with Crippen LogP contribution >= 0.6 is 0 Å². The number of anilines is 4. The Morgan fingerprint density at radius 3 is 2.47 bits per heavy atom. The number of hydrogen-bond acceptors (Lipinski definition) is 9. The molecular weight excluding hydrogens is 380 g/mol. The average molecular weight is 396 g/mol. The molecule has 9 heteroatoms.